The molecule has 1 aromatic heterocycles. The van der Waals surface area contributed by atoms with Gasteiger partial charge in [-0.25, -0.2) is 18.1 Å². The van der Waals surface area contributed by atoms with E-state index >= 15 is 0 Å². The van der Waals surface area contributed by atoms with Crippen LogP contribution in [0.15, 0.2) is 60.3 Å². The molecule has 3 aromatic rings. The molecule has 178 valence electrons. The third kappa shape index (κ3) is 6.63. The van der Waals surface area contributed by atoms with E-state index in [1.807, 2.05) is 37.2 Å². The second-order valence-electron chi connectivity index (χ2n) is 8.63. The fraction of sp³-hybridized carbons (Fsp3) is 0.280. The van der Waals surface area contributed by atoms with Gasteiger partial charge in [-0.2, -0.15) is 4.98 Å². The van der Waals surface area contributed by atoms with Crippen molar-refractivity contribution < 1.29 is 13.2 Å². The highest BCUT2D eigenvalue weighted by Crippen LogP contribution is 2.30. The molecule has 34 heavy (non-hydrogen) atoms. The first-order chi connectivity index (χ1) is 16.3. The number of hydrogen-bond donors (Lipinski definition) is 2. The molecule has 1 aliphatic carbocycles. The first kappa shape index (κ1) is 23.9. The van der Waals surface area contributed by atoms with E-state index in [0.717, 1.165) is 6.42 Å². The van der Waals surface area contributed by atoms with Crippen molar-refractivity contribution in [3.8, 4) is 11.6 Å². The van der Waals surface area contributed by atoms with Gasteiger partial charge in [0, 0.05) is 31.0 Å². The molecule has 0 atom stereocenters. The van der Waals surface area contributed by atoms with Crippen LogP contribution in [0.1, 0.15) is 23.6 Å². The molecule has 0 unspecified atom stereocenters. The zero-order chi connectivity index (χ0) is 24.1. The van der Waals surface area contributed by atoms with Gasteiger partial charge in [0.15, 0.2) is 0 Å². The summed E-state index contributed by atoms with van der Waals surface area (Å²) in [5, 5.41) is 3.13. The topological polar surface area (TPSA) is 96.4 Å². The molecule has 9 heteroatoms. The van der Waals surface area contributed by atoms with Gasteiger partial charge in [-0.15, -0.1) is 0 Å². The molecule has 0 fully saturated rings. The summed E-state index contributed by atoms with van der Waals surface area (Å²) in [6.07, 6.45) is 4.76. The number of rotatable bonds is 10. The van der Waals surface area contributed by atoms with Crippen molar-refractivity contribution in [1.82, 2.24) is 19.6 Å². The molecule has 0 spiro atoms. The van der Waals surface area contributed by atoms with Gasteiger partial charge in [-0.05, 0) is 68.4 Å². The minimum Gasteiger partial charge on any atom is -0.439 e. The molecule has 0 aliphatic heterocycles. The monoisotopic (exact) mass is 479 g/mol. The van der Waals surface area contributed by atoms with Crippen molar-refractivity contribution in [3.63, 3.8) is 0 Å². The maximum Gasteiger partial charge on any atom is 0.230 e. The number of ether oxygens (including phenoxy) is 1. The largest absolute Gasteiger partial charge is 0.439 e. The van der Waals surface area contributed by atoms with Crippen molar-refractivity contribution in [2.75, 3.05) is 32.5 Å². The van der Waals surface area contributed by atoms with Crippen molar-refractivity contribution in [1.29, 1.82) is 0 Å². The van der Waals surface area contributed by atoms with Crippen LogP contribution in [0.4, 0.5) is 11.6 Å². The Bertz CT molecular complexity index is 1310. The lowest BCUT2D eigenvalue weighted by Gasteiger charge is -2.12. The maximum atomic E-state index is 12.4. The Hall–Kier alpha value is -3.27. The summed E-state index contributed by atoms with van der Waals surface area (Å²) in [6.45, 7) is 3.13. The number of benzene rings is 2. The molecular formula is C25H29N5O3S. The molecule has 2 N–H and O–H groups in total. The van der Waals surface area contributed by atoms with Crippen LogP contribution in [0.2, 0.25) is 0 Å². The van der Waals surface area contributed by atoms with E-state index in [9.17, 15) is 8.42 Å². The van der Waals surface area contributed by atoms with Crippen LogP contribution in [0.25, 0.3) is 6.08 Å². The van der Waals surface area contributed by atoms with Gasteiger partial charge in [-0.3, -0.25) is 0 Å². The smallest absolute Gasteiger partial charge is 0.230 e. The first-order valence-corrected chi connectivity index (χ1v) is 12.7. The number of allylic oxidation sites excluding steroid dienone is 1. The molecule has 1 aliphatic rings. The van der Waals surface area contributed by atoms with E-state index in [1.165, 1.54) is 16.7 Å². The molecule has 0 saturated carbocycles. The number of fused-ring (bicyclic) bond motifs is 1. The summed E-state index contributed by atoms with van der Waals surface area (Å²) in [5.41, 5.74) is 5.16. The van der Waals surface area contributed by atoms with E-state index in [2.05, 4.69) is 39.1 Å². The fourth-order valence-electron chi connectivity index (χ4n) is 3.69. The lowest BCUT2D eigenvalue weighted by molar-refractivity contribution is 0.412. The summed E-state index contributed by atoms with van der Waals surface area (Å²) >= 11 is 0. The fourth-order valence-corrected chi connectivity index (χ4v) is 4.81. The van der Waals surface area contributed by atoms with Gasteiger partial charge in [0.1, 0.15) is 5.75 Å². The average Bonchev–Trinajstić information content (AvgIpc) is 3.13. The summed E-state index contributed by atoms with van der Waals surface area (Å²) in [4.78, 5) is 10.6. The number of anilines is 2. The third-order valence-corrected chi connectivity index (χ3v) is 6.62. The Morgan fingerprint density at radius 3 is 2.79 bits per heavy atom. The Balaban J connectivity index is 1.41. The Morgan fingerprint density at radius 2 is 1.97 bits per heavy atom. The highest BCUT2D eigenvalue weighted by molar-refractivity contribution is 7.88. The van der Waals surface area contributed by atoms with Gasteiger partial charge in [-0.1, -0.05) is 29.8 Å². The number of aromatic nitrogens is 2. The van der Waals surface area contributed by atoms with Gasteiger partial charge >= 0.3 is 0 Å². The van der Waals surface area contributed by atoms with Crippen LogP contribution in [0, 0.1) is 0 Å². The van der Waals surface area contributed by atoms with E-state index in [1.54, 1.807) is 30.5 Å². The van der Waals surface area contributed by atoms with Gasteiger partial charge in [0.25, 0.3) is 0 Å². The number of hydrogen-bond acceptors (Lipinski definition) is 7. The number of nitrogens with one attached hydrogen (secondary N) is 2. The van der Waals surface area contributed by atoms with Crippen LogP contribution in [-0.4, -0.2) is 50.5 Å². The zero-order valence-corrected chi connectivity index (χ0v) is 20.4. The lowest BCUT2D eigenvalue weighted by Crippen LogP contribution is -2.32. The number of sulfonamides is 1. The minimum atomic E-state index is -3.43. The average molecular weight is 480 g/mol. The van der Waals surface area contributed by atoms with Crippen LogP contribution in [0.5, 0.6) is 11.6 Å². The summed E-state index contributed by atoms with van der Waals surface area (Å²) < 4.78 is 33.3. The van der Waals surface area contributed by atoms with Crippen LogP contribution < -0.4 is 14.8 Å². The lowest BCUT2D eigenvalue weighted by atomic mass is 10.1. The van der Waals surface area contributed by atoms with Crippen molar-refractivity contribution in [2.24, 2.45) is 0 Å². The van der Waals surface area contributed by atoms with Gasteiger partial charge in [0.2, 0.25) is 21.9 Å². The second-order valence-corrected chi connectivity index (χ2v) is 10.4. The molecule has 0 amide bonds. The predicted octanol–water partition coefficient (Wildman–Crippen LogP) is 3.95. The maximum absolute atomic E-state index is 12.4. The SMILES string of the molecule is CC1=Cc2cc(Oc3ccnc(Nc4cccc(CS(=O)(=O)NCCN(C)C)c4)n3)ccc2C1. The highest BCUT2D eigenvalue weighted by Gasteiger charge is 2.13. The van der Waals surface area contributed by atoms with Crippen LogP contribution >= 0.6 is 0 Å². The number of likely N-dealkylation sites (N-methyl/N-ethyl adjacent to an activating group) is 1. The van der Waals surface area contributed by atoms with Crippen molar-refractivity contribution >= 4 is 27.7 Å². The Morgan fingerprint density at radius 1 is 1.12 bits per heavy atom. The second kappa shape index (κ2) is 10.3. The highest BCUT2D eigenvalue weighted by atomic mass is 32.2. The standard InChI is InChI=1S/C25H29N5O3S/c1-18-13-20-7-8-23(16-21(20)14-18)33-24-9-10-26-25(29-24)28-22-6-4-5-19(15-22)17-34(31,32)27-11-12-30(2)3/h4-10,14-16,27H,11-13,17H2,1-3H3,(H,26,28,29). The molecule has 8 nitrogen and oxygen atoms in total. The Kier molecular flexibility index (Phi) is 7.26. The van der Waals surface area contributed by atoms with Gasteiger partial charge < -0.3 is 15.0 Å². The van der Waals surface area contributed by atoms with Crippen LogP contribution in [0.3, 0.4) is 0 Å². The van der Waals surface area contributed by atoms with Crippen molar-refractivity contribution in [3.05, 3.63) is 77.0 Å². The van der Waals surface area contributed by atoms with E-state index in [0.29, 0.717) is 41.9 Å². The van der Waals surface area contributed by atoms with Crippen molar-refractivity contribution in [2.45, 2.75) is 19.1 Å². The normalized spacial score (nSPS) is 13.0. The molecule has 1 heterocycles. The van der Waals surface area contributed by atoms with E-state index in [-0.39, 0.29) is 5.75 Å². The predicted molar refractivity (Wildman–Crippen MR) is 135 cm³/mol. The molecule has 0 bridgehead atoms. The molecule has 2 aromatic carbocycles. The summed E-state index contributed by atoms with van der Waals surface area (Å²) in [5.74, 6) is 1.38. The summed E-state index contributed by atoms with van der Waals surface area (Å²) in [6, 6.07) is 14.9. The minimum absolute atomic E-state index is 0.105. The number of nitrogens with zero attached hydrogens (tertiary/aromatic N) is 3. The van der Waals surface area contributed by atoms with E-state index in [4.69, 9.17) is 4.74 Å². The molecular weight excluding hydrogens is 450 g/mol. The third-order valence-electron chi connectivity index (χ3n) is 5.26. The zero-order valence-electron chi connectivity index (χ0n) is 19.6. The quantitative estimate of drug-likeness (QED) is 0.454. The van der Waals surface area contributed by atoms with E-state index < -0.39 is 10.0 Å². The van der Waals surface area contributed by atoms with Crippen LogP contribution in [-0.2, 0) is 22.2 Å². The first-order valence-electron chi connectivity index (χ1n) is 11.0. The van der Waals surface area contributed by atoms with Gasteiger partial charge in [0.05, 0.1) is 5.75 Å². The summed E-state index contributed by atoms with van der Waals surface area (Å²) in [7, 11) is 0.368. The molecule has 0 radical (unpaired) electrons. The Labute approximate surface area is 200 Å². The molecule has 0 saturated heterocycles. The molecule has 4 rings (SSSR count).